The van der Waals surface area contributed by atoms with Crippen LogP contribution in [0.4, 0.5) is 0 Å². The van der Waals surface area contributed by atoms with Gasteiger partial charge in [-0.2, -0.15) is 0 Å². The molecule has 1 nitrogen and oxygen atoms in total. The van der Waals surface area contributed by atoms with Crippen LogP contribution in [0.15, 0.2) is 24.3 Å². The number of rotatable bonds is 7. The molecule has 1 aromatic carbocycles. The van der Waals surface area contributed by atoms with Crippen molar-refractivity contribution in [3.05, 3.63) is 35.4 Å². The normalized spacial score (nSPS) is 19.4. The van der Waals surface area contributed by atoms with Crippen molar-refractivity contribution >= 4 is 0 Å². The van der Waals surface area contributed by atoms with E-state index in [4.69, 9.17) is 0 Å². The second-order valence-electron chi connectivity index (χ2n) is 6.79. The number of benzene rings is 1. The second-order valence-corrected chi connectivity index (χ2v) is 6.79. The fraction of sp³-hybridized carbons (Fsp3) is 0.700. The molecule has 2 atom stereocenters. The monoisotopic (exact) mass is 287 g/mol. The van der Waals surface area contributed by atoms with E-state index in [1.54, 1.807) is 0 Å². The number of aryl methyl sites for hydroxylation is 1. The van der Waals surface area contributed by atoms with Gasteiger partial charge >= 0.3 is 0 Å². The molecule has 118 valence electrons. The van der Waals surface area contributed by atoms with E-state index in [1.165, 1.54) is 62.5 Å². The average Bonchev–Trinajstić information content (AvgIpc) is 2.54. The predicted octanol–water partition coefficient (Wildman–Crippen LogP) is 5.65. The summed E-state index contributed by atoms with van der Waals surface area (Å²) in [7, 11) is 0. The molecule has 0 aliphatic heterocycles. The number of hydrogen-bond acceptors (Lipinski definition) is 1. The average molecular weight is 287 g/mol. The van der Waals surface area contributed by atoms with Gasteiger partial charge in [0.05, 0.1) is 0 Å². The summed E-state index contributed by atoms with van der Waals surface area (Å²) in [5.74, 6) is 0.894. The van der Waals surface area contributed by atoms with E-state index < -0.39 is 0 Å². The zero-order valence-electron chi connectivity index (χ0n) is 14.2. The van der Waals surface area contributed by atoms with Crippen molar-refractivity contribution in [2.75, 3.05) is 0 Å². The Balaban J connectivity index is 1.93. The maximum absolute atomic E-state index is 3.90. The van der Waals surface area contributed by atoms with Crippen LogP contribution < -0.4 is 5.32 Å². The van der Waals surface area contributed by atoms with Crippen LogP contribution in [0.25, 0.3) is 0 Å². The highest BCUT2D eigenvalue weighted by Gasteiger charge is 2.23. The molecule has 1 aliphatic rings. The molecule has 1 N–H and O–H groups in total. The van der Waals surface area contributed by atoms with Crippen LogP contribution in [0.1, 0.15) is 82.9 Å². The Labute approximate surface area is 131 Å². The lowest BCUT2D eigenvalue weighted by atomic mass is 9.82. The number of nitrogens with one attached hydrogen (secondary N) is 1. The van der Waals surface area contributed by atoms with Gasteiger partial charge in [-0.25, -0.2) is 0 Å². The summed E-state index contributed by atoms with van der Waals surface area (Å²) in [4.78, 5) is 0. The van der Waals surface area contributed by atoms with Gasteiger partial charge in [0, 0.05) is 12.1 Å². The minimum Gasteiger partial charge on any atom is -0.307 e. The number of hydrogen-bond donors (Lipinski definition) is 1. The Morgan fingerprint density at radius 2 is 1.71 bits per heavy atom. The first-order valence-corrected chi connectivity index (χ1v) is 9.09. The minimum absolute atomic E-state index is 0.465. The molecule has 2 unspecified atom stereocenters. The molecule has 0 saturated heterocycles. The van der Waals surface area contributed by atoms with Crippen LogP contribution in [-0.4, -0.2) is 6.04 Å². The fourth-order valence-electron chi connectivity index (χ4n) is 3.80. The van der Waals surface area contributed by atoms with Crippen molar-refractivity contribution in [3.63, 3.8) is 0 Å². The highest BCUT2D eigenvalue weighted by atomic mass is 14.9. The van der Waals surface area contributed by atoms with Crippen LogP contribution in [0, 0.1) is 5.92 Å². The van der Waals surface area contributed by atoms with E-state index in [0.29, 0.717) is 12.1 Å². The fourth-order valence-corrected chi connectivity index (χ4v) is 3.80. The van der Waals surface area contributed by atoms with Crippen LogP contribution in [0.3, 0.4) is 0 Å². The van der Waals surface area contributed by atoms with E-state index in [2.05, 4.69) is 50.4 Å². The lowest BCUT2D eigenvalue weighted by Crippen LogP contribution is -2.38. The van der Waals surface area contributed by atoms with Crippen molar-refractivity contribution in [2.24, 2.45) is 5.92 Å². The molecule has 0 radical (unpaired) electrons. The molecule has 1 aliphatic carbocycles. The standard InChI is InChI=1S/C20H33N/c1-4-9-17-12-14-18(15-13-17)16(3)21-20(5-2)19-10-7-6-8-11-19/h12-16,19-21H,4-11H2,1-3H3. The van der Waals surface area contributed by atoms with Gasteiger partial charge in [-0.15, -0.1) is 0 Å². The third-order valence-corrected chi connectivity index (χ3v) is 5.14. The van der Waals surface area contributed by atoms with E-state index in [1.807, 2.05) is 0 Å². The van der Waals surface area contributed by atoms with Gasteiger partial charge in [0.25, 0.3) is 0 Å². The first-order valence-electron chi connectivity index (χ1n) is 9.09. The minimum atomic E-state index is 0.465. The topological polar surface area (TPSA) is 12.0 Å². The molecule has 0 amide bonds. The molecular weight excluding hydrogens is 254 g/mol. The van der Waals surface area contributed by atoms with Gasteiger partial charge in [0.2, 0.25) is 0 Å². The van der Waals surface area contributed by atoms with Gasteiger partial charge < -0.3 is 5.32 Å². The summed E-state index contributed by atoms with van der Waals surface area (Å²) in [6.45, 7) is 6.90. The molecule has 0 heterocycles. The largest absolute Gasteiger partial charge is 0.307 e. The second kappa shape index (κ2) is 8.58. The smallest absolute Gasteiger partial charge is 0.0294 e. The molecule has 2 rings (SSSR count). The Morgan fingerprint density at radius 1 is 1.05 bits per heavy atom. The lowest BCUT2D eigenvalue weighted by molar-refractivity contribution is 0.249. The van der Waals surface area contributed by atoms with Crippen molar-refractivity contribution < 1.29 is 0 Å². The Hall–Kier alpha value is -0.820. The third kappa shape index (κ3) is 4.85. The summed E-state index contributed by atoms with van der Waals surface area (Å²) in [5, 5.41) is 3.90. The van der Waals surface area contributed by atoms with Crippen LogP contribution in [-0.2, 0) is 6.42 Å². The third-order valence-electron chi connectivity index (χ3n) is 5.14. The summed E-state index contributed by atoms with van der Waals surface area (Å²) in [6, 6.07) is 10.4. The molecule has 0 aromatic heterocycles. The Bertz CT molecular complexity index is 389. The summed E-state index contributed by atoms with van der Waals surface area (Å²) >= 11 is 0. The van der Waals surface area contributed by atoms with Gasteiger partial charge in [0.15, 0.2) is 0 Å². The molecule has 21 heavy (non-hydrogen) atoms. The van der Waals surface area contributed by atoms with Crippen LogP contribution >= 0.6 is 0 Å². The van der Waals surface area contributed by atoms with E-state index in [-0.39, 0.29) is 0 Å². The van der Waals surface area contributed by atoms with Crippen molar-refractivity contribution in [2.45, 2.75) is 84.2 Å². The SMILES string of the molecule is CCCc1ccc(C(C)NC(CC)C2CCCCC2)cc1. The van der Waals surface area contributed by atoms with E-state index >= 15 is 0 Å². The lowest BCUT2D eigenvalue weighted by Gasteiger charge is -2.32. The van der Waals surface area contributed by atoms with Crippen molar-refractivity contribution in [1.29, 1.82) is 0 Å². The quantitative estimate of drug-likeness (QED) is 0.683. The highest BCUT2D eigenvalue weighted by Crippen LogP contribution is 2.29. The first-order chi connectivity index (χ1) is 10.2. The Kier molecular flexibility index (Phi) is 6.76. The van der Waals surface area contributed by atoms with E-state index in [0.717, 1.165) is 5.92 Å². The van der Waals surface area contributed by atoms with Crippen molar-refractivity contribution in [1.82, 2.24) is 5.32 Å². The molecule has 1 saturated carbocycles. The van der Waals surface area contributed by atoms with Crippen molar-refractivity contribution in [3.8, 4) is 0 Å². The zero-order valence-corrected chi connectivity index (χ0v) is 14.2. The maximum atomic E-state index is 3.90. The van der Waals surface area contributed by atoms with Crippen LogP contribution in [0.5, 0.6) is 0 Å². The molecule has 0 bridgehead atoms. The summed E-state index contributed by atoms with van der Waals surface area (Å²) in [6.07, 6.45) is 10.8. The van der Waals surface area contributed by atoms with Crippen LogP contribution in [0.2, 0.25) is 0 Å². The van der Waals surface area contributed by atoms with Gasteiger partial charge in [-0.3, -0.25) is 0 Å². The molecular formula is C20H33N. The molecule has 1 heteroatoms. The zero-order chi connectivity index (χ0) is 15.1. The summed E-state index contributed by atoms with van der Waals surface area (Å²) in [5.41, 5.74) is 2.90. The predicted molar refractivity (Wildman–Crippen MR) is 92.6 cm³/mol. The molecule has 1 fully saturated rings. The molecule has 0 spiro atoms. The summed E-state index contributed by atoms with van der Waals surface area (Å²) < 4.78 is 0. The first kappa shape index (κ1) is 16.5. The van der Waals surface area contributed by atoms with Gasteiger partial charge in [0.1, 0.15) is 0 Å². The van der Waals surface area contributed by atoms with E-state index in [9.17, 15) is 0 Å². The van der Waals surface area contributed by atoms with Gasteiger partial charge in [-0.1, -0.05) is 63.8 Å². The Morgan fingerprint density at radius 3 is 2.29 bits per heavy atom. The highest BCUT2D eigenvalue weighted by molar-refractivity contribution is 5.25. The van der Waals surface area contributed by atoms with Gasteiger partial charge in [-0.05, 0) is 49.7 Å². The molecule has 1 aromatic rings. The maximum Gasteiger partial charge on any atom is 0.0294 e.